The summed E-state index contributed by atoms with van der Waals surface area (Å²) in [4.78, 5) is 15.3. The minimum atomic E-state index is -0.390. The largest absolute Gasteiger partial charge is 0.497 e. The highest BCUT2D eigenvalue weighted by atomic mass is 16.5. The molecule has 0 aliphatic rings. The van der Waals surface area contributed by atoms with Crippen LogP contribution in [-0.4, -0.2) is 25.2 Å². The van der Waals surface area contributed by atoms with E-state index < -0.39 is 0 Å². The summed E-state index contributed by atoms with van der Waals surface area (Å²) in [6.45, 7) is 2.04. The number of carbonyl (C=O) groups excluding carboxylic acids is 1. The number of ether oxygens (including phenoxy) is 2. The van der Waals surface area contributed by atoms with E-state index in [1.54, 1.807) is 7.11 Å². The van der Waals surface area contributed by atoms with Crippen molar-refractivity contribution in [2.75, 3.05) is 14.2 Å². The van der Waals surface area contributed by atoms with Crippen LogP contribution in [0.25, 0.3) is 22.4 Å². The third-order valence-corrected chi connectivity index (χ3v) is 3.97. The van der Waals surface area contributed by atoms with E-state index in [1.165, 1.54) is 12.7 Å². The second-order valence-corrected chi connectivity index (χ2v) is 5.56. The molecule has 0 saturated carbocycles. The quantitative estimate of drug-likeness (QED) is 0.722. The van der Waals surface area contributed by atoms with Crippen molar-refractivity contribution in [3.05, 3.63) is 65.9 Å². The second-order valence-electron chi connectivity index (χ2n) is 5.56. The summed E-state index contributed by atoms with van der Waals surface area (Å²) < 4.78 is 10.1. The number of methoxy groups -OCH3 is 2. The number of rotatable bonds is 4. The monoisotopic (exact) mass is 321 g/mol. The molecule has 4 heteroatoms. The number of aromatic nitrogens is 1. The molecule has 1 heterocycles. The van der Waals surface area contributed by atoms with Gasteiger partial charge in [-0.25, -0.2) is 4.79 Å². The highest BCUT2D eigenvalue weighted by Crippen LogP contribution is 2.31. The number of aromatic amines is 1. The predicted octanol–water partition coefficient (Wildman–Crippen LogP) is 4.45. The number of hydrogen-bond acceptors (Lipinski definition) is 3. The molecule has 0 atom stereocenters. The van der Waals surface area contributed by atoms with Crippen molar-refractivity contribution in [2.45, 2.75) is 6.92 Å². The third-order valence-electron chi connectivity index (χ3n) is 3.97. The Bertz CT molecular complexity index is 846. The highest BCUT2D eigenvalue weighted by Gasteiger charge is 2.18. The summed E-state index contributed by atoms with van der Waals surface area (Å²) >= 11 is 0. The van der Waals surface area contributed by atoms with Crippen molar-refractivity contribution in [3.8, 4) is 28.1 Å². The molecule has 4 nitrogen and oxygen atoms in total. The lowest BCUT2D eigenvalue weighted by atomic mass is 10.0. The normalized spacial score (nSPS) is 10.5. The van der Waals surface area contributed by atoms with Gasteiger partial charge in [-0.3, -0.25) is 0 Å². The second kappa shape index (κ2) is 6.62. The van der Waals surface area contributed by atoms with Gasteiger partial charge in [0, 0.05) is 11.3 Å². The fraction of sp³-hybridized carbons (Fsp3) is 0.150. The Morgan fingerprint density at radius 1 is 0.917 bits per heavy atom. The van der Waals surface area contributed by atoms with Crippen LogP contribution in [0.5, 0.6) is 5.75 Å². The molecule has 3 rings (SSSR count). The molecule has 0 spiro atoms. The Morgan fingerprint density at radius 2 is 1.54 bits per heavy atom. The van der Waals surface area contributed by atoms with Crippen molar-refractivity contribution >= 4 is 5.97 Å². The van der Waals surface area contributed by atoms with Crippen molar-refractivity contribution in [3.63, 3.8) is 0 Å². The molecule has 1 aromatic heterocycles. The summed E-state index contributed by atoms with van der Waals surface area (Å²) in [5.41, 5.74) is 5.25. The Kier molecular flexibility index (Phi) is 4.38. The number of aryl methyl sites for hydroxylation is 1. The Morgan fingerprint density at radius 3 is 2.12 bits per heavy atom. The first-order valence-electron chi connectivity index (χ1n) is 7.65. The molecule has 0 bridgehead atoms. The molecule has 122 valence electrons. The van der Waals surface area contributed by atoms with Crippen LogP contribution >= 0.6 is 0 Å². The van der Waals surface area contributed by atoms with Crippen LogP contribution in [0.15, 0.2) is 54.6 Å². The number of hydrogen-bond donors (Lipinski definition) is 1. The van der Waals surface area contributed by atoms with E-state index in [9.17, 15) is 4.79 Å². The van der Waals surface area contributed by atoms with E-state index in [-0.39, 0.29) is 5.97 Å². The lowest BCUT2D eigenvalue weighted by Gasteiger charge is -2.04. The van der Waals surface area contributed by atoms with Gasteiger partial charge in [-0.15, -0.1) is 0 Å². The maximum atomic E-state index is 12.2. The van der Waals surface area contributed by atoms with Crippen LogP contribution in [0.1, 0.15) is 16.1 Å². The van der Waals surface area contributed by atoms with Crippen LogP contribution in [0.3, 0.4) is 0 Å². The molecule has 0 saturated heterocycles. The summed E-state index contributed by atoms with van der Waals surface area (Å²) in [5, 5.41) is 0. The standard InChI is InChI=1S/C20H19NO3/c1-13-4-6-15(7-5-13)18-12-17(19(21-18)20(22)24-3)14-8-10-16(23-2)11-9-14/h4-12,21H,1-3H3. The SMILES string of the molecule is COC(=O)c1[nH]c(-c2ccc(C)cc2)cc1-c1ccc(OC)cc1. The van der Waals surface area contributed by atoms with E-state index >= 15 is 0 Å². The first-order valence-corrected chi connectivity index (χ1v) is 7.65. The molecule has 1 N–H and O–H groups in total. The molecule has 0 amide bonds. The van der Waals surface area contributed by atoms with E-state index in [0.717, 1.165) is 28.1 Å². The minimum absolute atomic E-state index is 0.390. The van der Waals surface area contributed by atoms with Gasteiger partial charge in [0.15, 0.2) is 0 Å². The number of carbonyl (C=O) groups is 1. The zero-order chi connectivity index (χ0) is 17.1. The van der Waals surface area contributed by atoms with Crippen molar-refractivity contribution in [1.82, 2.24) is 4.98 Å². The molecular formula is C20H19NO3. The molecule has 0 aliphatic heterocycles. The van der Waals surface area contributed by atoms with Gasteiger partial charge >= 0.3 is 5.97 Å². The smallest absolute Gasteiger partial charge is 0.355 e. The van der Waals surface area contributed by atoms with Gasteiger partial charge in [0.25, 0.3) is 0 Å². The zero-order valence-electron chi connectivity index (χ0n) is 13.9. The van der Waals surface area contributed by atoms with Gasteiger partial charge in [-0.1, -0.05) is 42.0 Å². The maximum absolute atomic E-state index is 12.2. The van der Waals surface area contributed by atoms with Gasteiger partial charge < -0.3 is 14.5 Å². The number of nitrogens with one attached hydrogen (secondary N) is 1. The van der Waals surface area contributed by atoms with E-state index in [1.807, 2.05) is 61.5 Å². The summed E-state index contributed by atoms with van der Waals surface area (Å²) in [5.74, 6) is 0.381. The molecule has 0 radical (unpaired) electrons. The summed E-state index contributed by atoms with van der Waals surface area (Å²) in [7, 11) is 3.01. The first kappa shape index (κ1) is 15.9. The van der Waals surface area contributed by atoms with Crippen molar-refractivity contribution in [1.29, 1.82) is 0 Å². The Balaban J connectivity index is 2.09. The summed E-state index contributed by atoms with van der Waals surface area (Å²) in [6.07, 6.45) is 0. The average molecular weight is 321 g/mol. The van der Waals surface area contributed by atoms with Gasteiger partial charge in [0.05, 0.1) is 14.2 Å². The molecule has 3 aromatic rings. The molecule has 2 aromatic carbocycles. The fourth-order valence-electron chi connectivity index (χ4n) is 2.60. The Labute approximate surface area is 141 Å². The van der Waals surface area contributed by atoms with Crippen LogP contribution in [0.4, 0.5) is 0 Å². The van der Waals surface area contributed by atoms with E-state index in [2.05, 4.69) is 4.98 Å². The van der Waals surface area contributed by atoms with Crippen LogP contribution in [-0.2, 0) is 4.74 Å². The Hall–Kier alpha value is -3.01. The van der Waals surface area contributed by atoms with Gasteiger partial charge in [-0.05, 0) is 36.2 Å². The summed E-state index contributed by atoms with van der Waals surface area (Å²) in [6, 6.07) is 17.7. The number of H-pyrrole nitrogens is 1. The third kappa shape index (κ3) is 3.04. The topological polar surface area (TPSA) is 51.3 Å². The van der Waals surface area contributed by atoms with Crippen LogP contribution in [0, 0.1) is 6.92 Å². The van der Waals surface area contributed by atoms with Crippen molar-refractivity contribution < 1.29 is 14.3 Å². The number of benzene rings is 2. The molecule has 0 unspecified atom stereocenters. The molecule has 0 fully saturated rings. The fourth-order valence-corrected chi connectivity index (χ4v) is 2.60. The molecular weight excluding hydrogens is 302 g/mol. The molecule has 0 aliphatic carbocycles. The van der Waals surface area contributed by atoms with Crippen molar-refractivity contribution in [2.24, 2.45) is 0 Å². The van der Waals surface area contributed by atoms with Gasteiger partial charge in [0.1, 0.15) is 11.4 Å². The van der Waals surface area contributed by atoms with Gasteiger partial charge in [-0.2, -0.15) is 0 Å². The van der Waals surface area contributed by atoms with Crippen LogP contribution < -0.4 is 4.74 Å². The highest BCUT2D eigenvalue weighted by molar-refractivity contribution is 5.97. The minimum Gasteiger partial charge on any atom is -0.497 e. The van der Waals surface area contributed by atoms with Gasteiger partial charge in [0.2, 0.25) is 0 Å². The van der Waals surface area contributed by atoms with E-state index in [0.29, 0.717) is 5.69 Å². The molecule has 24 heavy (non-hydrogen) atoms. The average Bonchev–Trinajstić information content (AvgIpc) is 3.07. The van der Waals surface area contributed by atoms with Crippen LogP contribution in [0.2, 0.25) is 0 Å². The lowest BCUT2D eigenvalue weighted by Crippen LogP contribution is -2.03. The first-order chi connectivity index (χ1) is 11.6. The maximum Gasteiger partial charge on any atom is 0.355 e. The van der Waals surface area contributed by atoms with E-state index in [4.69, 9.17) is 9.47 Å². The lowest BCUT2D eigenvalue weighted by molar-refractivity contribution is 0.0596. The zero-order valence-corrected chi connectivity index (χ0v) is 13.9. The number of esters is 1. The predicted molar refractivity (Wildman–Crippen MR) is 94.3 cm³/mol.